The Kier molecular flexibility index (Phi) is 23.3. The lowest BCUT2D eigenvalue weighted by molar-refractivity contribution is 0.404. The Labute approximate surface area is 203 Å². The third-order valence-electron chi connectivity index (χ3n) is 7.83. The van der Waals surface area contributed by atoms with Crippen LogP contribution in [0.2, 0.25) is 0 Å². The fraction of sp³-hybridized carbons (Fsp3) is 0.935. The van der Waals surface area contributed by atoms with Crippen molar-refractivity contribution in [2.24, 2.45) is 11.7 Å². The lowest BCUT2D eigenvalue weighted by atomic mass is 9.91. The average molecular weight is 448 g/mol. The van der Waals surface area contributed by atoms with E-state index in [0.717, 1.165) is 5.92 Å². The Bertz CT molecular complexity index is 347. The van der Waals surface area contributed by atoms with Gasteiger partial charge in [0.25, 0.3) is 0 Å². The molecule has 1 nitrogen and oxygen atoms in total. The lowest BCUT2D eigenvalue weighted by Crippen LogP contribution is -2.00. The monoisotopic (exact) mass is 447 g/mol. The van der Waals surface area contributed by atoms with Crippen molar-refractivity contribution in [3.05, 3.63) is 12.3 Å². The Morgan fingerprint density at radius 2 is 0.594 bits per heavy atom. The molecule has 0 aromatic rings. The molecule has 0 bridgehead atoms. The van der Waals surface area contributed by atoms with Crippen LogP contribution in [-0.4, -0.2) is 0 Å². The standard InChI is InChI=1S/C31H61N/c32-30-26-29-31-27-24-22-20-18-16-14-12-10-8-6-4-2-1-3-5-7-9-11-13-15-17-19-21-23-25-28-31/h26,30-31H,1-25,27-29,32H2/b30-26-. The third-order valence-corrected chi connectivity index (χ3v) is 7.83. The highest BCUT2D eigenvalue weighted by molar-refractivity contribution is 4.79. The molecule has 0 saturated heterocycles. The van der Waals surface area contributed by atoms with Crippen molar-refractivity contribution in [2.45, 2.75) is 180 Å². The number of hydrogen-bond donors (Lipinski definition) is 1. The summed E-state index contributed by atoms with van der Waals surface area (Å²) in [6.07, 6.45) is 44.8. The van der Waals surface area contributed by atoms with Crippen LogP contribution < -0.4 is 5.73 Å². The second-order valence-electron chi connectivity index (χ2n) is 10.9. The summed E-state index contributed by atoms with van der Waals surface area (Å²) in [6, 6.07) is 0. The maximum Gasteiger partial charge on any atom is -0.0103 e. The van der Waals surface area contributed by atoms with Gasteiger partial charge in [-0.05, 0) is 18.5 Å². The molecule has 0 radical (unpaired) electrons. The van der Waals surface area contributed by atoms with Gasteiger partial charge >= 0.3 is 0 Å². The average Bonchev–Trinajstić information content (AvgIpc) is 2.80. The molecule has 1 heteroatoms. The van der Waals surface area contributed by atoms with Crippen LogP contribution in [0, 0.1) is 5.92 Å². The highest BCUT2D eigenvalue weighted by atomic mass is 14.5. The SMILES string of the molecule is N/C=C\CC1CCCCCCCCCCCCCCCCCCCCCCCCCCC1. The zero-order valence-corrected chi connectivity index (χ0v) is 22.1. The van der Waals surface area contributed by atoms with Crippen molar-refractivity contribution in [1.82, 2.24) is 0 Å². The molecule has 1 rings (SSSR count). The predicted molar refractivity (Wildman–Crippen MR) is 146 cm³/mol. The van der Waals surface area contributed by atoms with Gasteiger partial charge in [0.15, 0.2) is 0 Å². The molecular formula is C31H61N. The van der Waals surface area contributed by atoms with E-state index in [1.807, 2.05) is 0 Å². The van der Waals surface area contributed by atoms with Crippen LogP contribution >= 0.6 is 0 Å². The summed E-state index contributed by atoms with van der Waals surface area (Å²) in [5, 5.41) is 0. The second-order valence-corrected chi connectivity index (χ2v) is 10.9. The van der Waals surface area contributed by atoms with Crippen molar-refractivity contribution in [3.8, 4) is 0 Å². The zero-order chi connectivity index (χ0) is 22.8. The molecule has 0 amide bonds. The van der Waals surface area contributed by atoms with Crippen molar-refractivity contribution in [3.63, 3.8) is 0 Å². The molecule has 0 spiro atoms. The van der Waals surface area contributed by atoms with E-state index in [-0.39, 0.29) is 0 Å². The van der Waals surface area contributed by atoms with Crippen molar-refractivity contribution < 1.29 is 0 Å². The number of rotatable bonds is 2. The van der Waals surface area contributed by atoms with E-state index in [1.54, 1.807) is 6.20 Å². The van der Waals surface area contributed by atoms with Gasteiger partial charge in [0.1, 0.15) is 0 Å². The molecule has 0 unspecified atom stereocenters. The molecule has 0 aromatic carbocycles. The summed E-state index contributed by atoms with van der Waals surface area (Å²) < 4.78 is 0. The second kappa shape index (κ2) is 25.2. The minimum Gasteiger partial charge on any atom is -0.405 e. The molecule has 190 valence electrons. The largest absolute Gasteiger partial charge is 0.405 e. The van der Waals surface area contributed by atoms with Crippen molar-refractivity contribution in [1.29, 1.82) is 0 Å². The van der Waals surface area contributed by atoms with Crippen molar-refractivity contribution >= 4 is 0 Å². The van der Waals surface area contributed by atoms with E-state index in [4.69, 9.17) is 5.73 Å². The van der Waals surface area contributed by atoms with E-state index in [9.17, 15) is 0 Å². The fourth-order valence-corrected chi connectivity index (χ4v) is 5.58. The van der Waals surface area contributed by atoms with Crippen LogP contribution in [0.1, 0.15) is 180 Å². The lowest BCUT2D eigenvalue weighted by Gasteiger charge is -2.15. The maximum absolute atomic E-state index is 5.63. The molecule has 1 fully saturated rings. The highest BCUT2D eigenvalue weighted by Gasteiger charge is 2.07. The van der Waals surface area contributed by atoms with Crippen LogP contribution in [0.15, 0.2) is 12.3 Å². The first-order valence-corrected chi connectivity index (χ1v) is 15.3. The van der Waals surface area contributed by atoms with Crippen molar-refractivity contribution in [2.75, 3.05) is 0 Å². The summed E-state index contributed by atoms with van der Waals surface area (Å²) in [5.41, 5.74) is 5.63. The number of allylic oxidation sites excluding steroid dienone is 1. The Balaban J connectivity index is 2.19. The molecule has 0 aromatic heterocycles. The molecule has 2 N–H and O–H groups in total. The van der Waals surface area contributed by atoms with Gasteiger partial charge in [-0.2, -0.15) is 0 Å². The fourth-order valence-electron chi connectivity index (χ4n) is 5.58. The van der Waals surface area contributed by atoms with Gasteiger partial charge in [0.05, 0.1) is 0 Å². The van der Waals surface area contributed by atoms with E-state index in [2.05, 4.69) is 6.08 Å². The third kappa shape index (κ3) is 21.4. The van der Waals surface area contributed by atoms with E-state index in [1.165, 1.54) is 180 Å². The molecule has 1 saturated carbocycles. The van der Waals surface area contributed by atoms with Gasteiger partial charge in [0.2, 0.25) is 0 Å². The topological polar surface area (TPSA) is 26.0 Å². The molecular weight excluding hydrogens is 386 g/mol. The molecule has 0 heterocycles. The Morgan fingerprint density at radius 3 is 0.812 bits per heavy atom. The minimum absolute atomic E-state index is 0.877. The minimum atomic E-state index is 0.877. The molecule has 1 aliphatic carbocycles. The summed E-state index contributed by atoms with van der Waals surface area (Å²) in [7, 11) is 0. The quantitative estimate of drug-likeness (QED) is 0.447. The van der Waals surface area contributed by atoms with Crippen LogP contribution in [0.25, 0.3) is 0 Å². The van der Waals surface area contributed by atoms with Gasteiger partial charge in [-0.3, -0.25) is 0 Å². The summed E-state index contributed by atoms with van der Waals surface area (Å²) >= 11 is 0. The van der Waals surface area contributed by atoms with E-state index >= 15 is 0 Å². The predicted octanol–water partition coefficient (Wildman–Crippen LogP) is 11.0. The number of hydrogen-bond acceptors (Lipinski definition) is 1. The molecule has 1 aliphatic rings. The van der Waals surface area contributed by atoms with Crippen LogP contribution in [0.5, 0.6) is 0 Å². The molecule has 0 atom stereocenters. The highest BCUT2D eigenvalue weighted by Crippen LogP contribution is 2.23. The first-order valence-electron chi connectivity index (χ1n) is 15.3. The van der Waals surface area contributed by atoms with Gasteiger partial charge in [-0.25, -0.2) is 0 Å². The molecule has 32 heavy (non-hydrogen) atoms. The summed E-state index contributed by atoms with van der Waals surface area (Å²) in [6.45, 7) is 0. The van der Waals surface area contributed by atoms with Gasteiger partial charge in [-0.1, -0.05) is 179 Å². The van der Waals surface area contributed by atoms with Gasteiger partial charge in [0, 0.05) is 0 Å². The first-order chi connectivity index (χ1) is 15.9. The Hall–Kier alpha value is -0.460. The smallest absolute Gasteiger partial charge is 0.0103 e. The Morgan fingerprint density at radius 1 is 0.375 bits per heavy atom. The van der Waals surface area contributed by atoms with Gasteiger partial charge in [-0.15, -0.1) is 0 Å². The molecule has 0 aliphatic heterocycles. The van der Waals surface area contributed by atoms with Crippen LogP contribution in [0.3, 0.4) is 0 Å². The van der Waals surface area contributed by atoms with E-state index < -0.39 is 0 Å². The summed E-state index contributed by atoms with van der Waals surface area (Å²) in [5.74, 6) is 0.877. The van der Waals surface area contributed by atoms with Crippen LogP contribution in [0.4, 0.5) is 0 Å². The first kappa shape index (κ1) is 29.6. The van der Waals surface area contributed by atoms with Crippen LogP contribution in [-0.2, 0) is 0 Å². The van der Waals surface area contributed by atoms with Gasteiger partial charge < -0.3 is 5.73 Å². The number of nitrogens with two attached hydrogens (primary N) is 1. The zero-order valence-electron chi connectivity index (χ0n) is 22.1. The maximum atomic E-state index is 5.63. The van der Waals surface area contributed by atoms with E-state index in [0.29, 0.717) is 0 Å². The summed E-state index contributed by atoms with van der Waals surface area (Å²) in [4.78, 5) is 0. The normalized spacial score (nSPS) is 23.4.